The zero-order valence-corrected chi connectivity index (χ0v) is 18.4. The average Bonchev–Trinajstić information content (AvgIpc) is 2.75. The largest absolute Gasteiger partial charge is 0.379 e. The molecule has 0 bridgehead atoms. The van der Waals surface area contributed by atoms with E-state index >= 15 is 0 Å². The molecule has 1 aromatic rings. The van der Waals surface area contributed by atoms with E-state index in [1.807, 2.05) is 29.2 Å². The van der Waals surface area contributed by atoms with Gasteiger partial charge in [0.1, 0.15) is 0 Å². The summed E-state index contributed by atoms with van der Waals surface area (Å²) >= 11 is 1.78. The molecule has 2 aliphatic rings. The quantitative estimate of drug-likeness (QED) is 0.702. The fraction of sp³-hybridized carbons (Fsp3) is 0.636. The van der Waals surface area contributed by atoms with Crippen LogP contribution in [0.25, 0.3) is 0 Å². The van der Waals surface area contributed by atoms with Crippen LogP contribution in [0, 0.1) is 5.92 Å². The van der Waals surface area contributed by atoms with E-state index in [0.29, 0.717) is 25.0 Å². The summed E-state index contributed by atoms with van der Waals surface area (Å²) in [5.41, 5.74) is 0.971. The standard InChI is InChI=1S/C22H33N3O3S/c1-17(2)15-18(24-9-12-28-13-10-24)16-23-21(26)7-8-22(27)25-11-14-29-20-6-4-3-5-19(20)25/h3-6,17-18H,7-16H2,1-2H3,(H,23,26). The molecule has 160 valence electrons. The smallest absolute Gasteiger partial charge is 0.227 e. The molecule has 0 radical (unpaired) electrons. The van der Waals surface area contributed by atoms with Crippen LogP contribution in [0.1, 0.15) is 33.1 Å². The van der Waals surface area contributed by atoms with Gasteiger partial charge in [-0.3, -0.25) is 14.5 Å². The van der Waals surface area contributed by atoms with Gasteiger partial charge in [-0.2, -0.15) is 0 Å². The van der Waals surface area contributed by atoms with Crippen molar-refractivity contribution in [3.05, 3.63) is 24.3 Å². The minimum atomic E-state index is -0.0416. The summed E-state index contributed by atoms with van der Waals surface area (Å²) in [6, 6.07) is 8.31. The van der Waals surface area contributed by atoms with Gasteiger partial charge in [0, 0.05) is 55.7 Å². The number of ether oxygens (including phenoxy) is 1. The van der Waals surface area contributed by atoms with E-state index in [-0.39, 0.29) is 24.7 Å². The highest BCUT2D eigenvalue weighted by Crippen LogP contribution is 2.34. The first-order chi connectivity index (χ1) is 14.0. The number of nitrogens with zero attached hydrogens (tertiary/aromatic N) is 2. The van der Waals surface area contributed by atoms with Crippen molar-refractivity contribution in [3.63, 3.8) is 0 Å². The summed E-state index contributed by atoms with van der Waals surface area (Å²) in [5.74, 6) is 1.45. The lowest BCUT2D eigenvalue weighted by molar-refractivity contribution is -0.125. The van der Waals surface area contributed by atoms with Gasteiger partial charge >= 0.3 is 0 Å². The van der Waals surface area contributed by atoms with E-state index in [1.54, 1.807) is 11.8 Å². The van der Waals surface area contributed by atoms with Crippen molar-refractivity contribution in [2.75, 3.05) is 50.0 Å². The van der Waals surface area contributed by atoms with Crippen molar-refractivity contribution < 1.29 is 14.3 Å². The second-order valence-corrected chi connectivity index (χ2v) is 9.23. The number of morpholine rings is 1. The fourth-order valence-electron chi connectivity index (χ4n) is 3.95. The Labute approximate surface area is 178 Å². The third-order valence-electron chi connectivity index (χ3n) is 5.44. The molecule has 0 aliphatic carbocycles. The minimum absolute atomic E-state index is 0.0276. The van der Waals surface area contributed by atoms with Gasteiger partial charge in [-0.1, -0.05) is 26.0 Å². The molecular weight excluding hydrogens is 386 g/mol. The molecule has 0 aromatic heterocycles. The number of anilines is 1. The Kier molecular flexibility index (Phi) is 8.39. The molecule has 2 aliphatic heterocycles. The van der Waals surface area contributed by atoms with Crippen molar-refractivity contribution in [2.45, 2.75) is 44.0 Å². The molecule has 3 rings (SSSR count). The van der Waals surface area contributed by atoms with Gasteiger partial charge in [0.2, 0.25) is 11.8 Å². The van der Waals surface area contributed by atoms with Crippen LogP contribution >= 0.6 is 11.8 Å². The molecule has 0 spiro atoms. The summed E-state index contributed by atoms with van der Waals surface area (Å²) in [4.78, 5) is 30.5. The lowest BCUT2D eigenvalue weighted by Crippen LogP contribution is -2.49. The number of para-hydroxylation sites is 1. The normalized spacial score (nSPS) is 18.4. The molecule has 0 saturated carbocycles. The van der Waals surface area contributed by atoms with Crippen molar-refractivity contribution in [2.24, 2.45) is 5.92 Å². The molecule has 1 unspecified atom stereocenters. The molecule has 1 saturated heterocycles. The number of benzene rings is 1. The van der Waals surface area contributed by atoms with Crippen LogP contribution in [0.15, 0.2) is 29.2 Å². The number of carbonyl (C=O) groups excluding carboxylic acids is 2. The lowest BCUT2D eigenvalue weighted by atomic mass is 10.0. The molecule has 1 N–H and O–H groups in total. The van der Waals surface area contributed by atoms with Crippen LogP contribution in [0.5, 0.6) is 0 Å². The summed E-state index contributed by atoms with van der Waals surface area (Å²) in [7, 11) is 0. The number of nitrogens with one attached hydrogen (secondary N) is 1. The third kappa shape index (κ3) is 6.46. The number of hydrogen-bond donors (Lipinski definition) is 1. The van der Waals surface area contributed by atoms with Gasteiger partial charge in [-0.15, -0.1) is 11.8 Å². The van der Waals surface area contributed by atoms with Crippen LogP contribution in [-0.4, -0.2) is 67.9 Å². The van der Waals surface area contributed by atoms with Crippen LogP contribution in [0.3, 0.4) is 0 Å². The first-order valence-corrected chi connectivity index (χ1v) is 11.6. The maximum atomic E-state index is 12.7. The average molecular weight is 420 g/mol. The van der Waals surface area contributed by atoms with Crippen molar-refractivity contribution in [3.8, 4) is 0 Å². The Morgan fingerprint density at radius 3 is 2.66 bits per heavy atom. The van der Waals surface area contributed by atoms with Crippen LogP contribution in [-0.2, 0) is 14.3 Å². The van der Waals surface area contributed by atoms with Crippen LogP contribution in [0.4, 0.5) is 5.69 Å². The highest BCUT2D eigenvalue weighted by atomic mass is 32.2. The molecule has 7 heteroatoms. The van der Waals surface area contributed by atoms with E-state index in [9.17, 15) is 9.59 Å². The molecular formula is C22H33N3O3S. The summed E-state index contributed by atoms with van der Waals surface area (Å²) in [6.45, 7) is 9.10. The van der Waals surface area contributed by atoms with Gasteiger partial charge in [0.15, 0.2) is 0 Å². The van der Waals surface area contributed by atoms with E-state index in [4.69, 9.17) is 4.74 Å². The number of rotatable bonds is 8. The molecule has 1 aromatic carbocycles. The maximum absolute atomic E-state index is 12.7. The summed E-state index contributed by atoms with van der Waals surface area (Å²) in [6.07, 6.45) is 1.53. The van der Waals surface area contributed by atoms with E-state index in [2.05, 4.69) is 24.1 Å². The first kappa shape index (κ1) is 22.1. The SMILES string of the molecule is CC(C)CC(CNC(=O)CCC(=O)N1CCSc2ccccc21)N1CCOCC1. The van der Waals surface area contributed by atoms with Crippen LogP contribution < -0.4 is 10.2 Å². The van der Waals surface area contributed by atoms with Gasteiger partial charge in [0.05, 0.1) is 18.9 Å². The summed E-state index contributed by atoms with van der Waals surface area (Å²) < 4.78 is 5.46. The Morgan fingerprint density at radius 2 is 1.90 bits per heavy atom. The molecule has 2 amide bonds. The molecule has 1 fully saturated rings. The molecule has 1 atom stereocenters. The van der Waals surface area contributed by atoms with E-state index in [1.165, 1.54) is 0 Å². The van der Waals surface area contributed by atoms with Gasteiger partial charge in [-0.05, 0) is 24.5 Å². The predicted octanol–water partition coefficient (Wildman–Crippen LogP) is 2.77. The fourth-order valence-corrected chi connectivity index (χ4v) is 4.95. The lowest BCUT2D eigenvalue weighted by Gasteiger charge is -2.35. The third-order valence-corrected chi connectivity index (χ3v) is 6.48. The Balaban J connectivity index is 1.47. The van der Waals surface area contributed by atoms with Crippen molar-refractivity contribution in [1.82, 2.24) is 10.2 Å². The highest BCUT2D eigenvalue weighted by molar-refractivity contribution is 7.99. The van der Waals surface area contributed by atoms with Crippen molar-refractivity contribution in [1.29, 1.82) is 0 Å². The van der Waals surface area contributed by atoms with Gasteiger partial charge < -0.3 is 15.0 Å². The van der Waals surface area contributed by atoms with Crippen molar-refractivity contribution >= 4 is 29.3 Å². The molecule has 2 heterocycles. The zero-order valence-electron chi connectivity index (χ0n) is 17.6. The van der Waals surface area contributed by atoms with E-state index < -0.39 is 0 Å². The van der Waals surface area contributed by atoms with Gasteiger partial charge in [-0.25, -0.2) is 0 Å². The number of hydrogen-bond acceptors (Lipinski definition) is 5. The Bertz CT molecular complexity index is 692. The molecule has 6 nitrogen and oxygen atoms in total. The Morgan fingerprint density at radius 1 is 1.14 bits per heavy atom. The minimum Gasteiger partial charge on any atom is -0.379 e. The molecule has 29 heavy (non-hydrogen) atoms. The highest BCUT2D eigenvalue weighted by Gasteiger charge is 2.24. The number of fused-ring (bicyclic) bond motifs is 1. The van der Waals surface area contributed by atoms with Gasteiger partial charge in [0.25, 0.3) is 0 Å². The predicted molar refractivity (Wildman–Crippen MR) is 117 cm³/mol. The first-order valence-electron chi connectivity index (χ1n) is 10.6. The number of carbonyl (C=O) groups is 2. The van der Waals surface area contributed by atoms with E-state index in [0.717, 1.165) is 49.1 Å². The second-order valence-electron chi connectivity index (χ2n) is 8.10. The van der Waals surface area contributed by atoms with Crippen LogP contribution in [0.2, 0.25) is 0 Å². The monoisotopic (exact) mass is 419 g/mol. The number of thioether (sulfide) groups is 1. The Hall–Kier alpha value is -1.57. The second kappa shape index (κ2) is 11.0. The summed E-state index contributed by atoms with van der Waals surface area (Å²) in [5, 5.41) is 3.07. The maximum Gasteiger partial charge on any atom is 0.227 e. The topological polar surface area (TPSA) is 61.9 Å². The number of amides is 2. The zero-order chi connectivity index (χ0) is 20.6.